The van der Waals surface area contributed by atoms with E-state index in [4.69, 9.17) is 14.2 Å². The van der Waals surface area contributed by atoms with Crippen molar-refractivity contribution in [1.29, 1.82) is 0 Å². The fraction of sp³-hybridized carbons (Fsp3) is 0.261. The third-order valence-corrected chi connectivity index (χ3v) is 4.69. The highest BCUT2D eigenvalue weighted by molar-refractivity contribution is 6.12. The van der Waals surface area contributed by atoms with Gasteiger partial charge >= 0.3 is 0 Å². The zero-order valence-electron chi connectivity index (χ0n) is 16.7. The Bertz CT molecular complexity index is 991. The minimum Gasteiger partial charge on any atom is -0.493 e. The highest BCUT2D eigenvalue weighted by Gasteiger charge is 2.19. The second kappa shape index (κ2) is 8.65. The van der Waals surface area contributed by atoms with Crippen LogP contribution in [0.1, 0.15) is 35.7 Å². The molecule has 0 saturated heterocycles. The number of carbonyl (C=O) groups excluding carboxylic acids is 1. The molecule has 1 aromatic heterocycles. The molecule has 1 heterocycles. The Morgan fingerprint density at radius 3 is 2.32 bits per heavy atom. The lowest BCUT2D eigenvalue weighted by molar-refractivity contribution is 0.103. The molecule has 0 aliphatic carbocycles. The number of carbonyl (C=O) groups is 1. The summed E-state index contributed by atoms with van der Waals surface area (Å²) in [7, 11) is 4.63. The van der Waals surface area contributed by atoms with E-state index in [9.17, 15) is 4.79 Å². The average Bonchev–Trinajstić information content (AvgIpc) is 3.14. The number of H-pyrrole nitrogens is 1. The predicted molar refractivity (Wildman–Crippen MR) is 112 cm³/mol. The molecule has 2 aromatic carbocycles. The number of aromatic amines is 1. The molecule has 0 spiro atoms. The van der Waals surface area contributed by atoms with Gasteiger partial charge in [0.25, 0.3) is 0 Å². The minimum absolute atomic E-state index is 0.0496. The molecule has 28 heavy (non-hydrogen) atoms. The lowest BCUT2D eigenvalue weighted by Gasteiger charge is -2.14. The summed E-state index contributed by atoms with van der Waals surface area (Å²) >= 11 is 0. The predicted octanol–water partition coefficient (Wildman–Crippen LogP) is 5.26. The second-order valence-electron chi connectivity index (χ2n) is 6.45. The van der Waals surface area contributed by atoms with Gasteiger partial charge < -0.3 is 19.2 Å². The van der Waals surface area contributed by atoms with E-state index < -0.39 is 0 Å². The van der Waals surface area contributed by atoms with Gasteiger partial charge in [0.05, 0.1) is 21.3 Å². The Morgan fingerprint density at radius 2 is 1.71 bits per heavy atom. The van der Waals surface area contributed by atoms with Gasteiger partial charge in [-0.2, -0.15) is 0 Å². The number of para-hydroxylation sites is 1. The molecule has 0 aliphatic heterocycles. The number of Topliss-reactive ketones (excluding diaryl/α,β-unsaturated/α-hetero) is 1. The topological polar surface area (TPSA) is 60.6 Å². The number of hydrogen-bond acceptors (Lipinski definition) is 4. The Morgan fingerprint density at radius 1 is 1.04 bits per heavy atom. The fourth-order valence-corrected chi connectivity index (χ4v) is 3.32. The molecule has 3 rings (SSSR count). The quantitative estimate of drug-likeness (QED) is 0.428. The van der Waals surface area contributed by atoms with Crippen molar-refractivity contribution in [1.82, 2.24) is 4.98 Å². The number of nitrogens with one attached hydrogen (secondary N) is 1. The minimum atomic E-state index is -0.0496. The van der Waals surface area contributed by atoms with Crippen molar-refractivity contribution in [3.05, 3.63) is 59.3 Å². The van der Waals surface area contributed by atoms with Crippen LogP contribution in [0.25, 0.3) is 17.0 Å². The smallest absolute Gasteiger partial charge is 0.203 e. The SMILES string of the molecule is CCC/C(=C\c1c[nH]c2ccccc12)C(=O)c1cc(OC)c(OC)c(OC)c1. The molecule has 0 fully saturated rings. The van der Waals surface area contributed by atoms with Crippen LogP contribution in [0.15, 0.2) is 48.2 Å². The van der Waals surface area contributed by atoms with Gasteiger partial charge in [0, 0.05) is 33.8 Å². The molecule has 0 saturated carbocycles. The molecule has 0 atom stereocenters. The zero-order chi connectivity index (χ0) is 20.1. The molecule has 0 unspecified atom stereocenters. The van der Waals surface area contributed by atoms with Gasteiger partial charge in [-0.15, -0.1) is 0 Å². The number of aromatic nitrogens is 1. The summed E-state index contributed by atoms with van der Waals surface area (Å²) in [5.74, 6) is 1.35. The summed E-state index contributed by atoms with van der Waals surface area (Å²) in [5, 5.41) is 1.09. The first-order valence-electron chi connectivity index (χ1n) is 9.24. The van der Waals surface area contributed by atoms with Crippen LogP contribution in [0.3, 0.4) is 0 Å². The van der Waals surface area contributed by atoms with Gasteiger partial charge in [0.1, 0.15) is 0 Å². The molecular formula is C23H25NO4. The number of hydrogen-bond donors (Lipinski definition) is 1. The van der Waals surface area contributed by atoms with Crippen molar-refractivity contribution < 1.29 is 19.0 Å². The number of ether oxygens (including phenoxy) is 3. The van der Waals surface area contributed by atoms with Crippen LogP contribution in [0, 0.1) is 0 Å². The summed E-state index contributed by atoms with van der Waals surface area (Å²) in [5.41, 5.74) is 3.29. The van der Waals surface area contributed by atoms with E-state index in [1.807, 2.05) is 36.5 Å². The maximum atomic E-state index is 13.3. The van der Waals surface area contributed by atoms with Crippen LogP contribution in [-0.4, -0.2) is 32.1 Å². The normalized spacial score (nSPS) is 11.5. The summed E-state index contributed by atoms with van der Waals surface area (Å²) in [6.45, 7) is 2.06. The fourth-order valence-electron chi connectivity index (χ4n) is 3.32. The molecule has 146 valence electrons. The van der Waals surface area contributed by atoms with E-state index in [1.165, 1.54) is 0 Å². The molecule has 0 amide bonds. The van der Waals surface area contributed by atoms with Crippen molar-refractivity contribution in [2.45, 2.75) is 19.8 Å². The molecule has 0 radical (unpaired) electrons. The van der Waals surface area contributed by atoms with Crippen LogP contribution >= 0.6 is 0 Å². The number of methoxy groups -OCH3 is 3. The van der Waals surface area contributed by atoms with Gasteiger partial charge in [-0.05, 0) is 30.7 Å². The number of ketones is 1. The first-order chi connectivity index (χ1) is 13.6. The van der Waals surface area contributed by atoms with E-state index in [2.05, 4.69) is 11.9 Å². The van der Waals surface area contributed by atoms with Gasteiger partial charge in [0.2, 0.25) is 5.75 Å². The van der Waals surface area contributed by atoms with Gasteiger partial charge in [-0.3, -0.25) is 4.79 Å². The lowest BCUT2D eigenvalue weighted by Crippen LogP contribution is -2.06. The summed E-state index contributed by atoms with van der Waals surface area (Å²) in [6.07, 6.45) is 5.44. The Labute approximate surface area is 164 Å². The van der Waals surface area contributed by atoms with E-state index >= 15 is 0 Å². The lowest BCUT2D eigenvalue weighted by atomic mass is 9.96. The summed E-state index contributed by atoms with van der Waals surface area (Å²) < 4.78 is 16.1. The van der Waals surface area contributed by atoms with Crippen LogP contribution in [0.4, 0.5) is 0 Å². The number of rotatable bonds is 8. The molecule has 5 nitrogen and oxygen atoms in total. The Hall–Kier alpha value is -3.21. The standard InChI is InChI=1S/C23H25NO4/c1-5-8-15(11-17-14-24-19-10-7-6-9-18(17)19)22(25)16-12-20(26-2)23(28-4)21(13-16)27-3/h6-7,9-14,24H,5,8H2,1-4H3/b15-11+. The highest BCUT2D eigenvalue weighted by Crippen LogP contribution is 2.39. The average molecular weight is 379 g/mol. The van der Waals surface area contributed by atoms with Crippen LogP contribution in [0.5, 0.6) is 17.2 Å². The van der Waals surface area contributed by atoms with Crippen LogP contribution in [0.2, 0.25) is 0 Å². The van der Waals surface area contributed by atoms with Crippen molar-refractivity contribution >= 4 is 22.8 Å². The van der Waals surface area contributed by atoms with Gasteiger partial charge in [0.15, 0.2) is 17.3 Å². The van der Waals surface area contributed by atoms with Crippen molar-refractivity contribution in [3.8, 4) is 17.2 Å². The van der Waals surface area contributed by atoms with Gasteiger partial charge in [-0.1, -0.05) is 31.5 Å². The van der Waals surface area contributed by atoms with E-state index in [-0.39, 0.29) is 5.78 Å². The monoisotopic (exact) mass is 379 g/mol. The number of fused-ring (bicyclic) bond motifs is 1. The zero-order valence-corrected chi connectivity index (χ0v) is 16.7. The molecule has 3 aromatic rings. The summed E-state index contributed by atoms with van der Waals surface area (Å²) in [6, 6.07) is 11.4. The molecule has 0 aliphatic rings. The van der Waals surface area contributed by atoms with Crippen molar-refractivity contribution in [2.24, 2.45) is 0 Å². The first-order valence-corrected chi connectivity index (χ1v) is 9.24. The third-order valence-electron chi connectivity index (χ3n) is 4.69. The molecule has 0 bridgehead atoms. The highest BCUT2D eigenvalue weighted by atomic mass is 16.5. The molecular weight excluding hydrogens is 354 g/mol. The largest absolute Gasteiger partial charge is 0.493 e. The maximum Gasteiger partial charge on any atom is 0.203 e. The molecule has 1 N–H and O–H groups in total. The van der Waals surface area contributed by atoms with Gasteiger partial charge in [-0.25, -0.2) is 0 Å². The number of benzene rings is 2. The van der Waals surface area contributed by atoms with Crippen LogP contribution in [-0.2, 0) is 0 Å². The van der Waals surface area contributed by atoms with E-state index in [0.717, 1.165) is 28.5 Å². The third kappa shape index (κ3) is 3.74. The number of allylic oxidation sites excluding steroid dienone is 1. The second-order valence-corrected chi connectivity index (χ2v) is 6.45. The van der Waals surface area contributed by atoms with Crippen molar-refractivity contribution in [3.63, 3.8) is 0 Å². The van der Waals surface area contributed by atoms with Crippen LogP contribution < -0.4 is 14.2 Å². The molecule has 5 heteroatoms. The first kappa shape index (κ1) is 19.5. The summed E-state index contributed by atoms with van der Waals surface area (Å²) in [4.78, 5) is 16.6. The Kier molecular flexibility index (Phi) is 6.04. The van der Waals surface area contributed by atoms with E-state index in [0.29, 0.717) is 29.2 Å². The Balaban J connectivity index is 2.06. The van der Waals surface area contributed by atoms with Crippen molar-refractivity contribution in [2.75, 3.05) is 21.3 Å². The maximum absolute atomic E-state index is 13.3. The van der Waals surface area contributed by atoms with E-state index in [1.54, 1.807) is 33.5 Å².